The lowest BCUT2D eigenvalue weighted by molar-refractivity contribution is 0.325. The summed E-state index contributed by atoms with van der Waals surface area (Å²) in [5, 5.41) is 3.43. The number of hydrogen-bond donors (Lipinski definition) is 2. The van der Waals surface area contributed by atoms with E-state index in [1.807, 2.05) is 0 Å². The van der Waals surface area contributed by atoms with E-state index in [0.29, 0.717) is 6.17 Å². The van der Waals surface area contributed by atoms with E-state index in [4.69, 9.17) is 5.73 Å². The maximum absolute atomic E-state index is 5.78. The summed E-state index contributed by atoms with van der Waals surface area (Å²) in [4.78, 5) is 0. The molecule has 0 aromatic carbocycles. The highest BCUT2D eigenvalue weighted by Gasteiger charge is 2.32. The highest BCUT2D eigenvalue weighted by Crippen LogP contribution is 2.31. The minimum atomic E-state index is 0.299. The molecular formula is C8H16N2. The van der Waals surface area contributed by atoms with Crippen LogP contribution in [0.4, 0.5) is 0 Å². The second-order valence-electron chi connectivity index (χ2n) is 3.66. The zero-order valence-corrected chi connectivity index (χ0v) is 6.34. The second kappa shape index (κ2) is 2.51. The molecule has 0 bridgehead atoms. The first-order valence-electron chi connectivity index (χ1n) is 4.38. The Morgan fingerprint density at radius 1 is 1.20 bits per heavy atom. The molecule has 1 saturated heterocycles. The first-order chi connectivity index (χ1) is 4.86. The summed E-state index contributed by atoms with van der Waals surface area (Å²) in [5.41, 5.74) is 5.78. The molecule has 58 valence electrons. The van der Waals surface area contributed by atoms with Crippen LogP contribution < -0.4 is 11.1 Å². The van der Waals surface area contributed by atoms with Crippen LogP contribution >= 0.6 is 0 Å². The third-order valence-corrected chi connectivity index (χ3v) is 2.89. The number of rotatable bonds is 0. The van der Waals surface area contributed by atoms with Crippen molar-refractivity contribution in [1.82, 2.24) is 5.32 Å². The Kier molecular flexibility index (Phi) is 1.66. The molecule has 0 radical (unpaired) electrons. The van der Waals surface area contributed by atoms with E-state index in [0.717, 1.165) is 12.0 Å². The fourth-order valence-electron chi connectivity index (χ4n) is 2.38. The van der Waals surface area contributed by atoms with Crippen LogP contribution in [-0.4, -0.2) is 12.2 Å². The zero-order valence-electron chi connectivity index (χ0n) is 6.34. The molecule has 2 aliphatic rings. The molecule has 0 aromatic rings. The van der Waals surface area contributed by atoms with Gasteiger partial charge in [-0.2, -0.15) is 0 Å². The summed E-state index contributed by atoms with van der Waals surface area (Å²) in [6.45, 7) is 0. The van der Waals surface area contributed by atoms with Crippen molar-refractivity contribution >= 4 is 0 Å². The normalized spacial score (nSPS) is 47.1. The van der Waals surface area contributed by atoms with Crippen LogP contribution in [0.5, 0.6) is 0 Å². The van der Waals surface area contributed by atoms with E-state index in [1.165, 1.54) is 32.1 Å². The molecule has 1 aliphatic heterocycles. The van der Waals surface area contributed by atoms with Crippen molar-refractivity contribution in [3.8, 4) is 0 Å². The van der Waals surface area contributed by atoms with Gasteiger partial charge in [0.2, 0.25) is 0 Å². The van der Waals surface area contributed by atoms with Gasteiger partial charge in [0.15, 0.2) is 0 Å². The van der Waals surface area contributed by atoms with Gasteiger partial charge in [-0.3, -0.25) is 5.32 Å². The molecule has 10 heavy (non-hydrogen) atoms. The minimum Gasteiger partial charge on any atom is -0.316 e. The molecule has 2 fully saturated rings. The predicted molar refractivity (Wildman–Crippen MR) is 41.5 cm³/mol. The van der Waals surface area contributed by atoms with Crippen LogP contribution in [0.1, 0.15) is 32.1 Å². The standard InChI is InChI=1S/C8H16N2/c9-8-5-6-3-1-2-4-7(6)10-8/h6-8,10H,1-5,9H2. The zero-order chi connectivity index (χ0) is 6.97. The van der Waals surface area contributed by atoms with Crippen LogP contribution in [0.3, 0.4) is 0 Å². The number of hydrogen-bond acceptors (Lipinski definition) is 2. The fraction of sp³-hybridized carbons (Fsp3) is 1.00. The molecular weight excluding hydrogens is 124 g/mol. The van der Waals surface area contributed by atoms with Crippen molar-refractivity contribution in [2.45, 2.75) is 44.3 Å². The van der Waals surface area contributed by atoms with Crippen LogP contribution in [0.25, 0.3) is 0 Å². The number of nitrogens with one attached hydrogen (secondary N) is 1. The molecule has 3 N–H and O–H groups in total. The molecule has 2 nitrogen and oxygen atoms in total. The van der Waals surface area contributed by atoms with Gasteiger partial charge in [-0.05, 0) is 25.2 Å². The Hall–Kier alpha value is -0.0800. The summed E-state index contributed by atoms with van der Waals surface area (Å²) >= 11 is 0. The molecule has 2 rings (SSSR count). The lowest BCUT2D eigenvalue weighted by Gasteiger charge is -2.23. The van der Waals surface area contributed by atoms with Gasteiger partial charge in [-0.15, -0.1) is 0 Å². The van der Waals surface area contributed by atoms with Crippen molar-refractivity contribution in [1.29, 1.82) is 0 Å². The monoisotopic (exact) mass is 140 g/mol. The maximum atomic E-state index is 5.78. The van der Waals surface area contributed by atoms with Crippen LogP contribution in [-0.2, 0) is 0 Å². The fourth-order valence-corrected chi connectivity index (χ4v) is 2.38. The van der Waals surface area contributed by atoms with Gasteiger partial charge in [0.05, 0.1) is 6.17 Å². The molecule has 1 aliphatic carbocycles. The highest BCUT2D eigenvalue weighted by molar-refractivity contribution is 4.90. The summed E-state index contributed by atoms with van der Waals surface area (Å²) in [7, 11) is 0. The lowest BCUT2D eigenvalue weighted by atomic mass is 9.85. The van der Waals surface area contributed by atoms with E-state index in [1.54, 1.807) is 0 Å². The largest absolute Gasteiger partial charge is 0.316 e. The van der Waals surface area contributed by atoms with Crippen LogP contribution in [0, 0.1) is 5.92 Å². The van der Waals surface area contributed by atoms with E-state index in [2.05, 4.69) is 5.32 Å². The Morgan fingerprint density at radius 2 is 2.00 bits per heavy atom. The van der Waals surface area contributed by atoms with Crippen LogP contribution in [0.2, 0.25) is 0 Å². The third-order valence-electron chi connectivity index (χ3n) is 2.89. The lowest BCUT2D eigenvalue weighted by Crippen LogP contribution is -2.37. The third kappa shape index (κ3) is 1.06. The Labute approximate surface area is 62.2 Å². The Balaban J connectivity index is 1.97. The highest BCUT2D eigenvalue weighted by atomic mass is 15.1. The molecule has 0 aromatic heterocycles. The number of nitrogens with two attached hydrogens (primary N) is 1. The quantitative estimate of drug-likeness (QED) is 0.523. The summed E-state index contributed by atoms with van der Waals surface area (Å²) in [5.74, 6) is 0.906. The molecule has 3 unspecified atom stereocenters. The Morgan fingerprint density at radius 3 is 2.80 bits per heavy atom. The van der Waals surface area contributed by atoms with Gasteiger partial charge in [-0.1, -0.05) is 12.8 Å². The molecule has 0 amide bonds. The van der Waals surface area contributed by atoms with Gasteiger partial charge >= 0.3 is 0 Å². The predicted octanol–water partition coefficient (Wildman–Crippen LogP) is 0.823. The van der Waals surface area contributed by atoms with Crippen molar-refractivity contribution in [2.24, 2.45) is 11.7 Å². The van der Waals surface area contributed by atoms with Gasteiger partial charge < -0.3 is 5.73 Å². The second-order valence-corrected chi connectivity index (χ2v) is 3.66. The maximum Gasteiger partial charge on any atom is 0.0551 e. The molecule has 1 saturated carbocycles. The molecule has 1 heterocycles. The van der Waals surface area contributed by atoms with Crippen LogP contribution in [0.15, 0.2) is 0 Å². The summed E-state index contributed by atoms with van der Waals surface area (Å²) in [6.07, 6.45) is 7.11. The molecule has 2 heteroatoms. The van der Waals surface area contributed by atoms with E-state index >= 15 is 0 Å². The van der Waals surface area contributed by atoms with E-state index < -0.39 is 0 Å². The van der Waals surface area contributed by atoms with Crippen molar-refractivity contribution < 1.29 is 0 Å². The first-order valence-corrected chi connectivity index (χ1v) is 4.38. The summed E-state index contributed by atoms with van der Waals surface area (Å²) in [6, 6.07) is 0.767. The smallest absolute Gasteiger partial charge is 0.0551 e. The van der Waals surface area contributed by atoms with Gasteiger partial charge in [-0.25, -0.2) is 0 Å². The average molecular weight is 140 g/mol. The minimum absolute atomic E-state index is 0.299. The van der Waals surface area contributed by atoms with Gasteiger partial charge in [0.1, 0.15) is 0 Å². The van der Waals surface area contributed by atoms with Crippen molar-refractivity contribution in [3.05, 3.63) is 0 Å². The van der Waals surface area contributed by atoms with Crippen molar-refractivity contribution in [2.75, 3.05) is 0 Å². The van der Waals surface area contributed by atoms with E-state index in [9.17, 15) is 0 Å². The molecule has 0 spiro atoms. The Bertz CT molecular complexity index is 110. The first kappa shape index (κ1) is 6.62. The molecule has 3 atom stereocenters. The SMILES string of the molecule is NC1CC2CCCCC2N1. The van der Waals surface area contributed by atoms with Gasteiger partial charge in [0, 0.05) is 6.04 Å². The average Bonchev–Trinajstić information content (AvgIpc) is 2.27. The number of fused-ring (bicyclic) bond motifs is 1. The topological polar surface area (TPSA) is 38.0 Å². The van der Waals surface area contributed by atoms with Crippen molar-refractivity contribution in [3.63, 3.8) is 0 Å². The van der Waals surface area contributed by atoms with E-state index in [-0.39, 0.29) is 0 Å². The van der Waals surface area contributed by atoms with Gasteiger partial charge in [0.25, 0.3) is 0 Å². The summed E-state index contributed by atoms with van der Waals surface area (Å²) < 4.78 is 0.